The summed E-state index contributed by atoms with van der Waals surface area (Å²) >= 11 is 0. The van der Waals surface area contributed by atoms with Crippen LogP contribution >= 0.6 is 0 Å². The van der Waals surface area contributed by atoms with Crippen LogP contribution in [0.25, 0.3) is 22.8 Å². The van der Waals surface area contributed by atoms with Crippen molar-refractivity contribution in [2.24, 2.45) is 24.8 Å². The lowest BCUT2D eigenvalue weighted by Crippen LogP contribution is -2.41. The number of rotatable bonds is 8. The molecule has 42 heavy (non-hydrogen) atoms. The number of fused-ring (bicyclic) bond motifs is 1. The van der Waals surface area contributed by atoms with Crippen LogP contribution in [0.5, 0.6) is 0 Å². The Labute approximate surface area is 247 Å². The van der Waals surface area contributed by atoms with Crippen molar-refractivity contribution in [3.63, 3.8) is 0 Å². The van der Waals surface area contributed by atoms with Gasteiger partial charge in [0.1, 0.15) is 5.52 Å². The molecule has 0 amide bonds. The number of hydrogen-bond acceptors (Lipinski definition) is 9. The van der Waals surface area contributed by atoms with Gasteiger partial charge in [0.2, 0.25) is 17.6 Å². The lowest BCUT2D eigenvalue weighted by molar-refractivity contribution is 0.0927. The Kier molecular flexibility index (Phi) is 7.52. The average molecular weight is 571 g/mol. The second kappa shape index (κ2) is 11.6. The molecule has 11 heteroatoms. The van der Waals surface area contributed by atoms with E-state index in [0.717, 1.165) is 36.3 Å². The Balaban J connectivity index is 1.37. The number of morpholine rings is 1. The normalized spacial score (nSPS) is 24.1. The largest absolute Gasteiger partial charge is 0.377 e. The number of benzene rings is 1. The molecule has 1 aliphatic heterocycles. The molecule has 7 rings (SSSR count). The highest BCUT2D eigenvalue weighted by Gasteiger charge is 2.33. The van der Waals surface area contributed by atoms with E-state index >= 15 is 0 Å². The van der Waals surface area contributed by atoms with E-state index < -0.39 is 0 Å². The van der Waals surface area contributed by atoms with Crippen molar-refractivity contribution in [2.45, 2.75) is 77.4 Å². The standard InChI is InChI=1S/C31H42N10O/c1-20-12-14-22(15-13-20)18-41-26-27(32-21(2)23-10-7-11-23)33-29(30-36-38-39(3)37-30)34-28(26)35-31(41)40-16-17-42-19-25(40)24-8-5-4-6-9-24/h4-6,8-9,20-23,25H,7,10-19H2,1-3H3,(H,32,33,34)/t20?,21-,22?,25+/m1/s1. The van der Waals surface area contributed by atoms with Gasteiger partial charge in [-0.1, -0.05) is 56.5 Å². The summed E-state index contributed by atoms with van der Waals surface area (Å²) in [4.78, 5) is 19.2. The van der Waals surface area contributed by atoms with Gasteiger partial charge in [0.05, 0.1) is 26.3 Å². The molecule has 1 saturated heterocycles. The smallest absolute Gasteiger partial charge is 0.242 e. The fraction of sp³-hybridized carbons (Fsp3) is 0.613. The van der Waals surface area contributed by atoms with Gasteiger partial charge < -0.3 is 19.5 Å². The van der Waals surface area contributed by atoms with Crippen molar-refractivity contribution >= 4 is 22.9 Å². The molecule has 2 aliphatic carbocycles. The number of hydrogen-bond donors (Lipinski definition) is 1. The molecule has 3 aromatic heterocycles. The highest BCUT2D eigenvalue weighted by Crippen LogP contribution is 2.38. The van der Waals surface area contributed by atoms with Gasteiger partial charge in [0.15, 0.2) is 11.5 Å². The zero-order valence-corrected chi connectivity index (χ0v) is 25.0. The summed E-state index contributed by atoms with van der Waals surface area (Å²) in [6.45, 7) is 7.60. The van der Waals surface area contributed by atoms with Gasteiger partial charge >= 0.3 is 0 Å². The summed E-state index contributed by atoms with van der Waals surface area (Å²) in [5.74, 6) is 4.64. The first kappa shape index (κ1) is 27.2. The van der Waals surface area contributed by atoms with Crippen molar-refractivity contribution < 1.29 is 4.74 Å². The lowest BCUT2D eigenvalue weighted by Gasteiger charge is -2.37. The van der Waals surface area contributed by atoms with Crippen LogP contribution in [-0.2, 0) is 18.3 Å². The van der Waals surface area contributed by atoms with E-state index in [0.29, 0.717) is 48.4 Å². The van der Waals surface area contributed by atoms with E-state index in [2.05, 4.69) is 74.4 Å². The molecule has 222 valence electrons. The van der Waals surface area contributed by atoms with Crippen LogP contribution in [0, 0.1) is 17.8 Å². The Morgan fingerprint density at radius 3 is 2.52 bits per heavy atom. The Bertz CT molecular complexity index is 1500. The van der Waals surface area contributed by atoms with E-state index in [1.54, 1.807) is 7.05 Å². The molecule has 3 fully saturated rings. The van der Waals surface area contributed by atoms with Crippen molar-refractivity contribution in [3.8, 4) is 11.6 Å². The van der Waals surface area contributed by atoms with Gasteiger partial charge in [0.25, 0.3) is 0 Å². The molecule has 0 bridgehead atoms. The average Bonchev–Trinajstić information content (AvgIpc) is 3.57. The highest BCUT2D eigenvalue weighted by atomic mass is 16.5. The van der Waals surface area contributed by atoms with E-state index in [1.165, 1.54) is 55.3 Å². The first-order valence-corrected chi connectivity index (χ1v) is 15.7. The molecular weight excluding hydrogens is 528 g/mol. The van der Waals surface area contributed by atoms with E-state index in [4.69, 9.17) is 19.7 Å². The van der Waals surface area contributed by atoms with Crippen LogP contribution in [0.15, 0.2) is 30.3 Å². The number of tetrazole rings is 1. The third-order valence-electron chi connectivity index (χ3n) is 9.66. The third-order valence-corrected chi connectivity index (χ3v) is 9.66. The monoisotopic (exact) mass is 570 g/mol. The van der Waals surface area contributed by atoms with Crippen molar-refractivity contribution in [3.05, 3.63) is 35.9 Å². The fourth-order valence-electron chi connectivity index (χ4n) is 6.83. The van der Waals surface area contributed by atoms with Gasteiger partial charge in [-0.05, 0) is 61.1 Å². The van der Waals surface area contributed by atoms with Gasteiger partial charge in [-0.2, -0.15) is 9.78 Å². The highest BCUT2D eigenvalue weighted by molar-refractivity contribution is 5.87. The van der Waals surface area contributed by atoms with Crippen LogP contribution in [0.1, 0.15) is 70.4 Å². The zero-order valence-electron chi connectivity index (χ0n) is 25.0. The Hall–Kier alpha value is -3.60. The number of aromatic nitrogens is 8. The minimum atomic E-state index is 0.0706. The summed E-state index contributed by atoms with van der Waals surface area (Å²) in [7, 11) is 1.76. The molecule has 3 aliphatic rings. The summed E-state index contributed by atoms with van der Waals surface area (Å²) in [6, 6.07) is 11.0. The predicted octanol–water partition coefficient (Wildman–Crippen LogP) is 5.02. The second-order valence-electron chi connectivity index (χ2n) is 12.6. The molecule has 4 aromatic rings. The molecule has 0 radical (unpaired) electrons. The molecule has 4 heterocycles. The lowest BCUT2D eigenvalue weighted by atomic mass is 9.80. The van der Waals surface area contributed by atoms with Crippen LogP contribution in [-0.4, -0.2) is 65.5 Å². The summed E-state index contributed by atoms with van der Waals surface area (Å²) in [6.07, 6.45) is 8.81. The van der Waals surface area contributed by atoms with Crippen molar-refractivity contribution in [2.75, 3.05) is 30.0 Å². The first-order chi connectivity index (χ1) is 20.5. The summed E-state index contributed by atoms with van der Waals surface area (Å²) in [5, 5.41) is 16.5. The molecule has 1 N–H and O–H groups in total. The summed E-state index contributed by atoms with van der Waals surface area (Å²) in [5.41, 5.74) is 2.88. The number of imidazole rings is 1. The van der Waals surface area contributed by atoms with E-state index in [1.807, 2.05) is 0 Å². The Morgan fingerprint density at radius 2 is 1.81 bits per heavy atom. The van der Waals surface area contributed by atoms with Crippen LogP contribution in [0.4, 0.5) is 11.8 Å². The van der Waals surface area contributed by atoms with Gasteiger partial charge in [-0.15, -0.1) is 10.2 Å². The third kappa shape index (κ3) is 5.34. The zero-order chi connectivity index (χ0) is 28.6. The molecule has 2 saturated carbocycles. The molecule has 11 nitrogen and oxygen atoms in total. The summed E-state index contributed by atoms with van der Waals surface area (Å²) < 4.78 is 8.44. The number of anilines is 2. The molecular formula is C31H42N10O. The van der Waals surface area contributed by atoms with Crippen molar-refractivity contribution in [1.29, 1.82) is 0 Å². The number of nitrogens with one attached hydrogen (secondary N) is 1. The minimum absolute atomic E-state index is 0.0706. The topological polar surface area (TPSA) is 112 Å². The van der Waals surface area contributed by atoms with Crippen LogP contribution in [0.2, 0.25) is 0 Å². The number of nitrogens with zero attached hydrogens (tertiary/aromatic N) is 9. The van der Waals surface area contributed by atoms with Crippen LogP contribution < -0.4 is 10.2 Å². The predicted molar refractivity (Wildman–Crippen MR) is 162 cm³/mol. The van der Waals surface area contributed by atoms with Gasteiger partial charge in [-0.25, -0.2) is 9.97 Å². The second-order valence-corrected chi connectivity index (χ2v) is 12.6. The quantitative estimate of drug-likeness (QED) is 0.312. The van der Waals surface area contributed by atoms with E-state index in [-0.39, 0.29) is 6.04 Å². The first-order valence-electron chi connectivity index (χ1n) is 15.7. The maximum atomic E-state index is 6.02. The Morgan fingerprint density at radius 1 is 1.00 bits per heavy atom. The fourth-order valence-corrected chi connectivity index (χ4v) is 6.83. The number of ether oxygens (including phenoxy) is 1. The van der Waals surface area contributed by atoms with E-state index in [9.17, 15) is 0 Å². The molecule has 0 unspecified atom stereocenters. The minimum Gasteiger partial charge on any atom is -0.377 e. The SMILES string of the molecule is CC1CCC(Cn2c(N3CCOC[C@H]3c3ccccc3)nc3nc(-c4nnn(C)n4)nc(N[C@H](C)C4CCC4)c32)CC1. The van der Waals surface area contributed by atoms with Gasteiger partial charge in [-0.3, -0.25) is 0 Å². The molecule has 2 atom stereocenters. The maximum Gasteiger partial charge on any atom is 0.242 e. The van der Waals surface area contributed by atoms with Crippen LogP contribution in [0.3, 0.4) is 0 Å². The van der Waals surface area contributed by atoms with Crippen molar-refractivity contribution in [1.82, 2.24) is 39.7 Å². The van der Waals surface area contributed by atoms with Gasteiger partial charge in [0, 0.05) is 19.1 Å². The molecule has 1 aromatic carbocycles. The molecule has 0 spiro atoms. The number of aryl methyl sites for hydroxylation is 1. The maximum absolute atomic E-state index is 6.02.